The molecule has 4 heteroatoms. The standard InChI is InChI=1S/C48H31F3O/c1-30-16-18-31(19-17-30)35-22-26-42-44(28-35)46(40-14-6-10-33-8-2-4-12-38(33)40)43-27-23-36(32-20-24-37(25-21-32)52-48(49,50)51)29-45(43)47(42)41-15-7-11-34-9-3-5-13-39(34)41/h2-29H,1H3. The van der Waals surface area contributed by atoms with Crippen molar-refractivity contribution in [3.8, 4) is 50.3 Å². The summed E-state index contributed by atoms with van der Waals surface area (Å²) >= 11 is 0. The maximum Gasteiger partial charge on any atom is 0.573 e. The summed E-state index contributed by atoms with van der Waals surface area (Å²) in [6.07, 6.45) is -4.75. The van der Waals surface area contributed by atoms with Crippen LogP contribution in [-0.2, 0) is 0 Å². The van der Waals surface area contributed by atoms with Crippen molar-refractivity contribution in [2.75, 3.05) is 0 Å². The largest absolute Gasteiger partial charge is 0.573 e. The van der Waals surface area contributed by atoms with Crippen molar-refractivity contribution in [3.63, 3.8) is 0 Å². The normalized spacial score (nSPS) is 11.8. The smallest absolute Gasteiger partial charge is 0.406 e. The van der Waals surface area contributed by atoms with E-state index in [2.05, 4.69) is 157 Å². The molecular weight excluding hydrogens is 650 g/mol. The number of alkyl halides is 3. The van der Waals surface area contributed by atoms with E-state index < -0.39 is 6.36 Å². The average molecular weight is 681 g/mol. The summed E-state index contributed by atoms with van der Waals surface area (Å²) in [5, 5.41) is 9.03. The van der Waals surface area contributed by atoms with Crippen LogP contribution in [0, 0.1) is 6.92 Å². The third kappa shape index (κ3) is 5.63. The Hall–Kier alpha value is -6.39. The molecule has 0 aromatic heterocycles. The molecule has 0 aliphatic carbocycles. The van der Waals surface area contributed by atoms with Crippen molar-refractivity contribution in [2.45, 2.75) is 13.3 Å². The Morgan fingerprint density at radius 1 is 0.385 bits per heavy atom. The average Bonchev–Trinajstić information content (AvgIpc) is 3.16. The number of halogens is 3. The first-order valence-electron chi connectivity index (χ1n) is 17.2. The van der Waals surface area contributed by atoms with Crippen LogP contribution in [0.2, 0.25) is 0 Å². The first-order valence-corrected chi connectivity index (χ1v) is 17.2. The second kappa shape index (κ2) is 12.4. The molecule has 9 aromatic rings. The number of hydrogen-bond donors (Lipinski definition) is 0. The van der Waals surface area contributed by atoms with Gasteiger partial charge in [0.05, 0.1) is 0 Å². The zero-order valence-corrected chi connectivity index (χ0v) is 28.2. The fourth-order valence-corrected chi connectivity index (χ4v) is 7.65. The zero-order chi connectivity index (χ0) is 35.4. The summed E-state index contributed by atoms with van der Waals surface area (Å²) in [6.45, 7) is 2.10. The van der Waals surface area contributed by atoms with E-state index in [1.807, 2.05) is 0 Å². The molecule has 52 heavy (non-hydrogen) atoms. The van der Waals surface area contributed by atoms with Gasteiger partial charge in [0, 0.05) is 0 Å². The monoisotopic (exact) mass is 680 g/mol. The van der Waals surface area contributed by atoms with Gasteiger partial charge in [0.1, 0.15) is 5.75 Å². The topological polar surface area (TPSA) is 9.23 Å². The van der Waals surface area contributed by atoms with Gasteiger partial charge in [-0.25, -0.2) is 0 Å². The van der Waals surface area contributed by atoms with Gasteiger partial charge in [-0.2, -0.15) is 0 Å². The molecule has 250 valence electrons. The molecule has 0 bridgehead atoms. The highest BCUT2D eigenvalue weighted by molar-refractivity contribution is 6.26. The van der Waals surface area contributed by atoms with Gasteiger partial charge in [-0.1, -0.05) is 151 Å². The lowest BCUT2D eigenvalue weighted by Gasteiger charge is -2.21. The molecule has 0 unspecified atom stereocenters. The van der Waals surface area contributed by atoms with Crippen molar-refractivity contribution < 1.29 is 17.9 Å². The molecular formula is C48H31F3O. The molecule has 0 radical (unpaired) electrons. The van der Waals surface area contributed by atoms with Gasteiger partial charge in [0.25, 0.3) is 0 Å². The molecule has 9 aromatic carbocycles. The lowest BCUT2D eigenvalue weighted by molar-refractivity contribution is -0.274. The third-order valence-electron chi connectivity index (χ3n) is 10.0. The predicted octanol–water partition coefficient (Wildman–Crippen LogP) is 14.2. The minimum absolute atomic E-state index is 0.248. The minimum Gasteiger partial charge on any atom is -0.406 e. The molecule has 0 saturated carbocycles. The van der Waals surface area contributed by atoms with Crippen LogP contribution in [0.3, 0.4) is 0 Å². The molecule has 0 aliphatic heterocycles. The molecule has 0 amide bonds. The molecule has 0 saturated heterocycles. The summed E-state index contributed by atoms with van der Waals surface area (Å²) in [4.78, 5) is 0. The van der Waals surface area contributed by atoms with Gasteiger partial charge < -0.3 is 4.74 Å². The Kier molecular flexibility index (Phi) is 7.55. The first kappa shape index (κ1) is 31.6. The summed E-state index contributed by atoms with van der Waals surface area (Å²) in [7, 11) is 0. The van der Waals surface area contributed by atoms with Gasteiger partial charge >= 0.3 is 6.36 Å². The Balaban J connectivity index is 1.41. The van der Waals surface area contributed by atoms with Gasteiger partial charge in [-0.05, 0) is 119 Å². The van der Waals surface area contributed by atoms with E-state index in [9.17, 15) is 13.2 Å². The summed E-state index contributed by atoms with van der Waals surface area (Å²) in [6, 6.07) is 57.8. The highest BCUT2D eigenvalue weighted by Gasteiger charge is 2.31. The van der Waals surface area contributed by atoms with Crippen molar-refractivity contribution >= 4 is 43.1 Å². The molecule has 0 heterocycles. The van der Waals surface area contributed by atoms with Crippen LogP contribution in [-0.4, -0.2) is 6.36 Å². The molecule has 0 aliphatic rings. The third-order valence-corrected chi connectivity index (χ3v) is 10.0. The summed E-state index contributed by atoms with van der Waals surface area (Å²) in [5.41, 5.74) is 9.69. The summed E-state index contributed by atoms with van der Waals surface area (Å²) in [5.74, 6) is -0.248. The lowest BCUT2D eigenvalue weighted by Crippen LogP contribution is -2.16. The Morgan fingerprint density at radius 2 is 0.808 bits per heavy atom. The van der Waals surface area contributed by atoms with E-state index in [-0.39, 0.29) is 5.75 Å². The SMILES string of the molecule is Cc1ccc(-c2ccc3c(-c4cccc5ccccc45)c4cc(-c5ccc(OC(F)(F)F)cc5)ccc4c(-c4cccc5ccccc45)c3c2)cc1. The van der Waals surface area contributed by atoms with E-state index in [4.69, 9.17) is 0 Å². The van der Waals surface area contributed by atoms with Crippen molar-refractivity contribution in [2.24, 2.45) is 0 Å². The lowest BCUT2D eigenvalue weighted by atomic mass is 9.82. The van der Waals surface area contributed by atoms with Crippen LogP contribution in [0.5, 0.6) is 5.75 Å². The fourth-order valence-electron chi connectivity index (χ4n) is 7.65. The molecule has 0 N–H and O–H groups in total. The molecule has 0 spiro atoms. The number of fused-ring (bicyclic) bond motifs is 4. The molecule has 1 nitrogen and oxygen atoms in total. The van der Waals surface area contributed by atoms with E-state index in [0.29, 0.717) is 0 Å². The molecule has 9 rings (SSSR count). The molecule has 0 fully saturated rings. The first-order chi connectivity index (χ1) is 25.3. The Bertz CT molecular complexity index is 2790. The van der Waals surface area contributed by atoms with Crippen LogP contribution in [0.1, 0.15) is 5.56 Å². The Labute approximate surface area is 299 Å². The Morgan fingerprint density at radius 3 is 1.29 bits per heavy atom. The second-order valence-electron chi connectivity index (χ2n) is 13.3. The van der Waals surface area contributed by atoms with Gasteiger partial charge in [-0.15, -0.1) is 13.2 Å². The van der Waals surface area contributed by atoms with E-state index >= 15 is 0 Å². The van der Waals surface area contributed by atoms with Gasteiger partial charge in [-0.3, -0.25) is 0 Å². The van der Waals surface area contributed by atoms with Crippen LogP contribution in [0.4, 0.5) is 13.2 Å². The highest BCUT2D eigenvalue weighted by atomic mass is 19.4. The van der Waals surface area contributed by atoms with E-state index in [1.54, 1.807) is 12.1 Å². The molecule has 0 atom stereocenters. The predicted molar refractivity (Wildman–Crippen MR) is 210 cm³/mol. The van der Waals surface area contributed by atoms with E-state index in [1.165, 1.54) is 17.7 Å². The van der Waals surface area contributed by atoms with Gasteiger partial charge in [0.2, 0.25) is 0 Å². The fraction of sp³-hybridized carbons (Fsp3) is 0.0417. The number of hydrogen-bond acceptors (Lipinski definition) is 1. The maximum atomic E-state index is 13.0. The minimum atomic E-state index is -4.75. The zero-order valence-electron chi connectivity index (χ0n) is 28.2. The van der Waals surface area contributed by atoms with Crippen molar-refractivity contribution in [1.82, 2.24) is 0 Å². The van der Waals surface area contributed by atoms with Crippen LogP contribution < -0.4 is 4.74 Å². The number of rotatable bonds is 5. The highest BCUT2D eigenvalue weighted by Crippen LogP contribution is 2.48. The van der Waals surface area contributed by atoms with Crippen molar-refractivity contribution in [3.05, 3.63) is 175 Å². The number of aryl methyl sites for hydroxylation is 1. The van der Waals surface area contributed by atoms with Crippen LogP contribution >= 0.6 is 0 Å². The van der Waals surface area contributed by atoms with E-state index in [0.717, 1.165) is 87.6 Å². The van der Waals surface area contributed by atoms with Gasteiger partial charge in [0.15, 0.2) is 0 Å². The van der Waals surface area contributed by atoms with Crippen LogP contribution in [0.25, 0.3) is 87.6 Å². The summed E-state index contributed by atoms with van der Waals surface area (Å²) < 4.78 is 43.1. The number of ether oxygens (including phenoxy) is 1. The maximum absolute atomic E-state index is 13.0. The van der Waals surface area contributed by atoms with Crippen LogP contribution in [0.15, 0.2) is 170 Å². The second-order valence-corrected chi connectivity index (χ2v) is 13.3. The quantitative estimate of drug-likeness (QED) is 0.164. The van der Waals surface area contributed by atoms with Crippen molar-refractivity contribution in [1.29, 1.82) is 0 Å². The number of benzene rings is 9.